The van der Waals surface area contributed by atoms with Gasteiger partial charge in [-0.05, 0) is 50.3 Å². The van der Waals surface area contributed by atoms with Crippen molar-refractivity contribution in [2.45, 2.75) is 59.6 Å². The molecule has 2 aromatic heterocycles. The number of carbonyl (C=O) groups is 1. The highest BCUT2D eigenvalue weighted by Crippen LogP contribution is 2.36. The number of nitrogens with zero attached hydrogens (tertiary/aromatic N) is 2. The summed E-state index contributed by atoms with van der Waals surface area (Å²) in [7, 11) is 0. The van der Waals surface area contributed by atoms with E-state index in [9.17, 15) is 4.79 Å². The number of imidazole rings is 1. The van der Waals surface area contributed by atoms with Crippen LogP contribution in [0.2, 0.25) is 0 Å². The lowest BCUT2D eigenvalue weighted by Crippen LogP contribution is -2.21. The number of anilines is 1. The van der Waals surface area contributed by atoms with Crippen LogP contribution in [0, 0.1) is 19.8 Å². The molecule has 1 amide bonds. The molecule has 6 heteroatoms. The summed E-state index contributed by atoms with van der Waals surface area (Å²) in [5.41, 5.74) is 5.14. The van der Waals surface area contributed by atoms with Crippen molar-refractivity contribution in [1.82, 2.24) is 14.5 Å². The third-order valence-corrected chi connectivity index (χ3v) is 5.72. The number of nitrogens with one attached hydrogen (secondary N) is 2. The first kappa shape index (κ1) is 19.7. The molecule has 1 aliphatic heterocycles. The molecule has 6 nitrogen and oxygen atoms in total. The SMILES string of the molecule is Cc1c(-c2nc3ccccc3[nH]2)c(NC(=O)CC(C)C)n(C[C@@H]2CCCO2)c1C. The molecule has 0 unspecified atom stereocenters. The molecule has 1 aliphatic rings. The molecule has 0 spiro atoms. The predicted octanol–water partition coefficient (Wildman–Crippen LogP) is 4.81. The van der Waals surface area contributed by atoms with Crippen LogP contribution in [0.5, 0.6) is 0 Å². The molecule has 1 fully saturated rings. The monoisotopic (exact) mass is 394 g/mol. The highest BCUT2D eigenvalue weighted by molar-refractivity contribution is 5.96. The Bertz CT molecular complexity index is 992. The fraction of sp³-hybridized carbons (Fsp3) is 0.478. The third-order valence-electron chi connectivity index (χ3n) is 5.72. The van der Waals surface area contributed by atoms with Crippen molar-refractivity contribution in [1.29, 1.82) is 0 Å². The smallest absolute Gasteiger partial charge is 0.225 e. The number of carbonyl (C=O) groups excluding carboxylic acids is 1. The first-order chi connectivity index (χ1) is 13.9. The van der Waals surface area contributed by atoms with Crippen molar-refractivity contribution in [2.75, 3.05) is 11.9 Å². The third kappa shape index (κ3) is 3.94. The first-order valence-corrected chi connectivity index (χ1v) is 10.5. The van der Waals surface area contributed by atoms with Gasteiger partial charge in [0.2, 0.25) is 5.91 Å². The van der Waals surface area contributed by atoms with Gasteiger partial charge >= 0.3 is 0 Å². The van der Waals surface area contributed by atoms with Crippen LogP contribution in [0.15, 0.2) is 24.3 Å². The Kier molecular flexibility index (Phi) is 5.46. The topological polar surface area (TPSA) is 71.9 Å². The second-order valence-corrected chi connectivity index (χ2v) is 8.43. The Morgan fingerprint density at radius 3 is 2.83 bits per heavy atom. The van der Waals surface area contributed by atoms with E-state index in [0.29, 0.717) is 12.3 Å². The van der Waals surface area contributed by atoms with E-state index in [1.54, 1.807) is 0 Å². The number of amides is 1. The van der Waals surface area contributed by atoms with E-state index >= 15 is 0 Å². The van der Waals surface area contributed by atoms with Gasteiger partial charge in [-0.25, -0.2) is 4.98 Å². The lowest BCUT2D eigenvalue weighted by Gasteiger charge is -2.17. The molecule has 2 N–H and O–H groups in total. The average molecular weight is 395 g/mol. The predicted molar refractivity (Wildman–Crippen MR) is 116 cm³/mol. The average Bonchev–Trinajstić information content (AvgIpc) is 3.37. The minimum atomic E-state index is 0.0310. The Hall–Kier alpha value is -2.60. The zero-order chi connectivity index (χ0) is 20.5. The molecule has 0 saturated carbocycles. The normalized spacial score (nSPS) is 16.8. The van der Waals surface area contributed by atoms with E-state index in [1.807, 2.05) is 24.3 Å². The van der Waals surface area contributed by atoms with Crippen LogP contribution >= 0.6 is 0 Å². The second kappa shape index (κ2) is 8.03. The Morgan fingerprint density at radius 2 is 2.14 bits per heavy atom. The lowest BCUT2D eigenvalue weighted by atomic mass is 10.1. The zero-order valence-electron chi connectivity index (χ0n) is 17.7. The minimum Gasteiger partial charge on any atom is -0.376 e. The summed E-state index contributed by atoms with van der Waals surface area (Å²) in [5.74, 6) is 1.94. The van der Waals surface area contributed by atoms with E-state index in [0.717, 1.165) is 65.5 Å². The van der Waals surface area contributed by atoms with Crippen LogP contribution in [-0.4, -0.2) is 33.2 Å². The van der Waals surface area contributed by atoms with Crippen molar-refractivity contribution in [2.24, 2.45) is 5.92 Å². The van der Waals surface area contributed by atoms with Crippen LogP contribution in [-0.2, 0) is 16.1 Å². The van der Waals surface area contributed by atoms with Gasteiger partial charge in [0.05, 0.1) is 29.2 Å². The quantitative estimate of drug-likeness (QED) is 0.630. The van der Waals surface area contributed by atoms with Crippen LogP contribution in [0.4, 0.5) is 5.82 Å². The Labute approximate surface area is 171 Å². The molecule has 154 valence electrons. The molecule has 29 heavy (non-hydrogen) atoms. The molecule has 3 aromatic rings. The van der Waals surface area contributed by atoms with E-state index < -0.39 is 0 Å². The molecular weight excluding hydrogens is 364 g/mol. The second-order valence-electron chi connectivity index (χ2n) is 8.43. The summed E-state index contributed by atoms with van der Waals surface area (Å²) < 4.78 is 8.08. The number of aromatic amines is 1. The van der Waals surface area contributed by atoms with Crippen LogP contribution in [0.25, 0.3) is 22.4 Å². The van der Waals surface area contributed by atoms with Crippen LogP contribution in [0.1, 0.15) is 44.4 Å². The maximum absolute atomic E-state index is 12.7. The number of benzene rings is 1. The number of para-hydroxylation sites is 2. The molecule has 4 rings (SSSR count). The van der Waals surface area contributed by atoms with E-state index in [2.05, 4.69) is 42.6 Å². The Morgan fingerprint density at radius 1 is 1.34 bits per heavy atom. The van der Waals surface area contributed by atoms with Crippen molar-refractivity contribution in [3.05, 3.63) is 35.5 Å². The number of ether oxygens (including phenoxy) is 1. The minimum absolute atomic E-state index is 0.0310. The lowest BCUT2D eigenvalue weighted by molar-refractivity contribution is -0.116. The van der Waals surface area contributed by atoms with Gasteiger partial charge in [0.25, 0.3) is 0 Å². The van der Waals surface area contributed by atoms with Gasteiger partial charge in [-0.15, -0.1) is 0 Å². The summed E-state index contributed by atoms with van der Waals surface area (Å²) in [6.45, 7) is 9.87. The van der Waals surface area contributed by atoms with Gasteiger partial charge < -0.3 is 19.6 Å². The van der Waals surface area contributed by atoms with E-state index in [4.69, 9.17) is 9.72 Å². The van der Waals surface area contributed by atoms with Gasteiger partial charge in [-0.3, -0.25) is 4.79 Å². The maximum atomic E-state index is 12.7. The standard InChI is InChI=1S/C23H30N4O2/c1-14(2)12-20(28)26-23-21(22-24-18-9-5-6-10-19(18)25-22)15(3)16(4)27(23)13-17-8-7-11-29-17/h5-6,9-10,14,17H,7-8,11-13H2,1-4H3,(H,24,25)(H,26,28)/t17-/m0/s1. The van der Waals surface area contributed by atoms with Gasteiger partial charge in [0.15, 0.2) is 0 Å². The van der Waals surface area contributed by atoms with Gasteiger partial charge in [-0.2, -0.15) is 0 Å². The molecule has 3 heterocycles. The summed E-state index contributed by atoms with van der Waals surface area (Å²) in [6, 6.07) is 8.00. The van der Waals surface area contributed by atoms with Gasteiger partial charge in [-0.1, -0.05) is 26.0 Å². The summed E-state index contributed by atoms with van der Waals surface area (Å²) in [4.78, 5) is 20.9. The number of hydrogen-bond acceptors (Lipinski definition) is 3. The van der Waals surface area contributed by atoms with Crippen molar-refractivity contribution < 1.29 is 9.53 Å². The number of fused-ring (bicyclic) bond motifs is 1. The molecule has 1 atom stereocenters. The first-order valence-electron chi connectivity index (χ1n) is 10.5. The van der Waals surface area contributed by atoms with Gasteiger partial charge in [0, 0.05) is 18.7 Å². The van der Waals surface area contributed by atoms with E-state index in [1.165, 1.54) is 0 Å². The molecule has 0 aliphatic carbocycles. The fourth-order valence-corrected chi connectivity index (χ4v) is 4.13. The molecule has 1 aromatic carbocycles. The molecule has 0 radical (unpaired) electrons. The summed E-state index contributed by atoms with van der Waals surface area (Å²) in [6.07, 6.45) is 2.82. The van der Waals surface area contributed by atoms with Gasteiger partial charge in [0.1, 0.15) is 11.6 Å². The number of aromatic nitrogens is 3. The van der Waals surface area contributed by atoms with Crippen molar-refractivity contribution >= 4 is 22.8 Å². The molecular formula is C23H30N4O2. The zero-order valence-corrected chi connectivity index (χ0v) is 17.7. The summed E-state index contributed by atoms with van der Waals surface area (Å²) >= 11 is 0. The number of rotatable bonds is 6. The van der Waals surface area contributed by atoms with E-state index in [-0.39, 0.29) is 12.0 Å². The fourth-order valence-electron chi connectivity index (χ4n) is 4.13. The Balaban J connectivity index is 1.80. The summed E-state index contributed by atoms with van der Waals surface area (Å²) in [5, 5.41) is 3.20. The number of hydrogen-bond donors (Lipinski definition) is 2. The largest absolute Gasteiger partial charge is 0.376 e. The highest BCUT2D eigenvalue weighted by atomic mass is 16.5. The molecule has 1 saturated heterocycles. The highest BCUT2D eigenvalue weighted by Gasteiger charge is 2.26. The maximum Gasteiger partial charge on any atom is 0.225 e. The van der Waals surface area contributed by atoms with Crippen LogP contribution in [0.3, 0.4) is 0 Å². The molecule has 0 bridgehead atoms. The van der Waals surface area contributed by atoms with Crippen molar-refractivity contribution in [3.63, 3.8) is 0 Å². The van der Waals surface area contributed by atoms with Crippen LogP contribution < -0.4 is 5.32 Å². The number of H-pyrrole nitrogens is 1. The van der Waals surface area contributed by atoms with Crippen molar-refractivity contribution in [3.8, 4) is 11.4 Å².